The molecule has 1 aliphatic rings. The Balaban J connectivity index is 1.85. The first-order valence-corrected chi connectivity index (χ1v) is 8.93. The van der Waals surface area contributed by atoms with Gasteiger partial charge in [-0.25, -0.2) is 0 Å². The molecule has 1 fully saturated rings. The van der Waals surface area contributed by atoms with Crippen LogP contribution in [0.2, 0.25) is 0 Å². The van der Waals surface area contributed by atoms with Gasteiger partial charge in [0, 0.05) is 18.9 Å². The van der Waals surface area contributed by atoms with Crippen LogP contribution in [0.5, 0.6) is 0 Å². The topological polar surface area (TPSA) is 20.3 Å². The van der Waals surface area contributed by atoms with Gasteiger partial charge in [-0.15, -0.1) is 0 Å². The molecule has 2 aromatic carbocycles. The van der Waals surface area contributed by atoms with Crippen LogP contribution < -0.4 is 0 Å². The van der Waals surface area contributed by atoms with Crippen LogP contribution in [0, 0.1) is 0 Å². The van der Waals surface area contributed by atoms with Crippen molar-refractivity contribution in [3.05, 3.63) is 71.8 Å². The number of halogens is 3. The van der Waals surface area contributed by atoms with Crippen molar-refractivity contribution in [2.24, 2.45) is 0 Å². The van der Waals surface area contributed by atoms with Crippen LogP contribution in [0.25, 0.3) is 0 Å². The van der Waals surface area contributed by atoms with Crippen LogP contribution in [-0.2, 0) is 4.79 Å². The number of alkyl halides is 3. The standard InChI is InChI=1S/C21H22F3NO/c22-21(23,24)19-13-7-8-14-25(19)20(26)15-18(16-9-3-1-4-10-16)17-11-5-2-6-12-17/h1-6,9-12,18-19H,7-8,13-15H2. The summed E-state index contributed by atoms with van der Waals surface area (Å²) in [4.78, 5) is 13.9. The molecular weight excluding hydrogens is 339 g/mol. The maximum atomic E-state index is 13.3. The molecule has 0 N–H and O–H groups in total. The summed E-state index contributed by atoms with van der Waals surface area (Å²) in [5.74, 6) is -0.676. The first kappa shape index (κ1) is 18.5. The second-order valence-corrected chi connectivity index (χ2v) is 6.72. The maximum Gasteiger partial charge on any atom is 0.408 e. The first-order chi connectivity index (χ1) is 12.5. The van der Waals surface area contributed by atoms with Crippen LogP contribution in [0.4, 0.5) is 13.2 Å². The smallest absolute Gasteiger partial charge is 0.331 e. The molecule has 1 unspecified atom stereocenters. The van der Waals surface area contributed by atoms with Gasteiger partial charge in [-0.2, -0.15) is 13.2 Å². The minimum absolute atomic E-state index is 0.00339. The fourth-order valence-electron chi connectivity index (χ4n) is 3.66. The molecule has 5 heteroatoms. The summed E-state index contributed by atoms with van der Waals surface area (Å²) in [5.41, 5.74) is 1.88. The minimum Gasteiger partial charge on any atom is -0.331 e. The Morgan fingerprint density at radius 3 is 2.00 bits per heavy atom. The highest BCUT2D eigenvalue weighted by Crippen LogP contribution is 2.34. The summed E-state index contributed by atoms with van der Waals surface area (Å²) in [6, 6.07) is 17.3. The van der Waals surface area contributed by atoms with E-state index < -0.39 is 18.1 Å². The van der Waals surface area contributed by atoms with Gasteiger partial charge in [0.2, 0.25) is 5.91 Å². The molecule has 1 amide bonds. The number of rotatable bonds is 4. The largest absolute Gasteiger partial charge is 0.408 e. The van der Waals surface area contributed by atoms with E-state index in [4.69, 9.17) is 0 Å². The molecule has 2 nitrogen and oxygen atoms in total. The lowest BCUT2D eigenvalue weighted by molar-refractivity contribution is -0.196. The van der Waals surface area contributed by atoms with Crippen molar-refractivity contribution >= 4 is 5.91 Å². The van der Waals surface area contributed by atoms with Crippen molar-refractivity contribution in [1.82, 2.24) is 4.90 Å². The predicted molar refractivity (Wildman–Crippen MR) is 94.8 cm³/mol. The second kappa shape index (κ2) is 7.94. The maximum absolute atomic E-state index is 13.3. The first-order valence-electron chi connectivity index (χ1n) is 8.93. The molecule has 0 spiro atoms. The van der Waals surface area contributed by atoms with E-state index >= 15 is 0 Å². The Kier molecular flexibility index (Phi) is 5.64. The van der Waals surface area contributed by atoms with Crippen molar-refractivity contribution < 1.29 is 18.0 Å². The molecule has 1 atom stereocenters. The van der Waals surface area contributed by atoms with E-state index in [1.165, 1.54) is 0 Å². The Bertz CT molecular complexity index is 676. The van der Waals surface area contributed by atoms with Gasteiger partial charge in [0.25, 0.3) is 0 Å². The van der Waals surface area contributed by atoms with Crippen LogP contribution in [-0.4, -0.2) is 29.6 Å². The molecule has 1 aliphatic heterocycles. The third-order valence-electron chi connectivity index (χ3n) is 4.98. The van der Waals surface area contributed by atoms with Crippen molar-refractivity contribution in [2.75, 3.05) is 6.54 Å². The number of likely N-dealkylation sites (tertiary alicyclic amines) is 1. The van der Waals surface area contributed by atoms with Crippen LogP contribution in [0.3, 0.4) is 0 Å². The summed E-state index contributed by atoms with van der Waals surface area (Å²) in [6.45, 7) is 0.180. The third-order valence-corrected chi connectivity index (χ3v) is 4.98. The van der Waals surface area contributed by atoms with Gasteiger partial charge in [-0.05, 0) is 30.4 Å². The average Bonchev–Trinajstić information content (AvgIpc) is 2.66. The van der Waals surface area contributed by atoms with Gasteiger partial charge in [0.1, 0.15) is 6.04 Å². The number of hydrogen-bond acceptors (Lipinski definition) is 1. The number of carbonyl (C=O) groups is 1. The average molecular weight is 361 g/mol. The summed E-state index contributed by atoms with van der Waals surface area (Å²) >= 11 is 0. The Labute approximate surface area is 151 Å². The van der Waals surface area contributed by atoms with Crippen LogP contribution >= 0.6 is 0 Å². The van der Waals surface area contributed by atoms with E-state index in [9.17, 15) is 18.0 Å². The van der Waals surface area contributed by atoms with Gasteiger partial charge in [0.15, 0.2) is 0 Å². The molecule has 0 radical (unpaired) electrons. The molecule has 26 heavy (non-hydrogen) atoms. The third kappa shape index (κ3) is 4.26. The van der Waals surface area contributed by atoms with Gasteiger partial charge >= 0.3 is 6.18 Å². The fraction of sp³-hybridized carbons (Fsp3) is 0.381. The zero-order valence-corrected chi connectivity index (χ0v) is 14.5. The number of nitrogens with zero attached hydrogens (tertiary/aromatic N) is 1. The number of carbonyl (C=O) groups excluding carboxylic acids is 1. The van der Waals surface area contributed by atoms with Crippen molar-refractivity contribution in [2.45, 2.75) is 43.8 Å². The molecule has 0 aromatic heterocycles. The summed E-state index contributed by atoms with van der Waals surface area (Å²) in [7, 11) is 0. The molecule has 3 rings (SSSR count). The van der Waals surface area contributed by atoms with Gasteiger partial charge in [-0.3, -0.25) is 4.79 Å². The second-order valence-electron chi connectivity index (χ2n) is 6.72. The highest BCUT2D eigenvalue weighted by molar-refractivity contribution is 5.78. The lowest BCUT2D eigenvalue weighted by atomic mass is 9.87. The Morgan fingerprint density at radius 2 is 1.50 bits per heavy atom. The van der Waals surface area contributed by atoms with E-state index in [0.717, 1.165) is 16.0 Å². The number of benzene rings is 2. The van der Waals surface area contributed by atoms with E-state index in [1.807, 2.05) is 60.7 Å². The highest BCUT2D eigenvalue weighted by atomic mass is 19.4. The van der Waals surface area contributed by atoms with Gasteiger partial charge in [0.05, 0.1) is 0 Å². The highest BCUT2D eigenvalue weighted by Gasteiger charge is 2.46. The Morgan fingerprint density at radius 1 is 0.962 bits per heavy atom. The monoisotopic (exact) mass is 361 g/mol. The van der Waals surface area contributed by atoms with E-state index in [0.29, 0.717) is 12.8 Å². The quantitative estimate of drug-likeness (QED) is 0.737. The van der Waals surface area contributed by atoms with Crippen LogP contribution in [0.15, 0.2) is 60.7 Å². The number of hydrogen-bond donors (Lipinski definition) is 0. The molecule has 0 aliphatic carbocycles. The normalized spacial score (nSPS) is 18.2. The van der Waals surface area contributed by atoms with Crippen molar-refractivity contribution in [1.29, 1.82) is 0 Å². The molecule has 1 saturated heterocycles. The summed E-state index contributed by atoms with van der Waals surface area (Å²) in [5, 5.41) is 0. The Hall–Kier alpha value is -2.30. The minimum atomic E-state index is -4.37. The molecule has 1 heterocycles. The zero-order valence-electron chi connectivity index (χ0n) is 14.5. The molecule has 0 bridgehead atoms. The van der Waals surface area contributed by atoms with E-state index in [2.05, 4.69) is 0 Å². The fourth-order valence-corrected chi connectivity index (χ4v) is 3.66. The van der Waals surface area contributed by atoms with Crippen molar-refractivity contribution in [3.8, 4) is 0 Å². The molecule has 0 saturated carbocycles. The molecular formula is C21H22F3NO. The van der Waals surface area contributed by atoms with Crippen molar-refractivity contribution in [3.63, 3.8) is 0 Å². The van der Waals surface area contributed by atoms with Gasteiger partial charge in [-0.1, -0.05) is 60.7 Å². The van der Waals surface area contributed by atoms with E-state index in [1.54, 1.807) is 0 Å². The number of piperidine rings is 1. The summed E-state index contributed by atoms with van der Waals surface area (Å²) < 4.78 is 40.0. The number of amides is 1. The SMILES string of the molecule is O=C(CC(c1ccccc1)c1ccccc1)N1CCCCC1C(F)(F)F. The van der Waals surface area contributed by atoms with E-state index in [-0.39, 0.29) is 25.3 Å². The summed E-state index contributed by atoms with van der Waals surface area (Å²) in [6.07, 6.45) is -3.20. The van der Waals surface area contributed by atoms with Gasteiger partial charge < -0.3 is 4.90 Å². The lowest BCUT2D eigenvalue weighted by Crippen LogP contribution is -2.51. The molecule has 138 valence electrons. The lowest BCUT2D eigenvalue weighted by Gasteiger charge is -2.37. The van der Waals surface area contributed by atoms with Crippen LogP contribution in [0.1, 0.15) is 42.7 Å². The predicted octanol–water partition coefficient (Wildman–Crippen LogP) is 5.15. The zero-order chi connectivity index (χ0) is 18.6. The molecule has 2 aromatic rings.